The van der Waals surface area contributed by atoms with Crippen molar-refractivity contribution in [2.45, 2.75) is 18.8 Å². The van der Waals surface area contributed by atoms with Gasteiger partial charge in [0, 0.05) is 39.4 Å². The molecule has 1 aliphatic rings. The SMILES string of the molecule is c1ccc(-c2ccc(N(c3ccccc3)c3ccc(C4CCc5ccccc5-c5cc6c7ccccc7n(-c7ccccc7)c6cc54)cc3)cc2)cc1. The number of fused-ring (bicyclic) bond motifs is 6. The first-order chi connectivity index (χ1) is 26.3. The Hall–Kier alpha value is -6.64. The summed E-state index contributed by atoms with van der Waals surface area (Å²) in [6, 6.07) is 73.2. The maximum Gasteiger partial charge on any atom is 0.0544 e. The number of hydrogen-bond acceptors (Lipinski definition) is 1. The van der Waals surface area contributed by atoms with Crippen LogP contribution in [0.15, 0.2) is 200 Å². The van der Waals surface area contributed by atoms with Crippen molar-refractivity contribution in [3.63, 3.8) is 0 Å². The molecule has 0 saturated heterocycles. The summed E-state index contributed by atoms with van der Waals surface area (Å²) in [4.78, 5) is 2.36. The van der Waals surface area contributed by atoms with Crippen LogP contribution in [0.2, 0.25) is 0 Å². The number of benzene rings is 8. The molecule has 9 aromatic rings. The third-order valence-corrected chi connectivity index (χ3v) is 11.0. The summed E-state index contributed by atoms with van der Waals surface area (Å²) in [6.45, 7) is 0. The molecule has 1 unspecified atom stereocenters. The lowest BCUT2D eigenvalue weighted by Gasteiger charge is -2.26. The molecule has 8 aromatic carbocycles. The number of aromatic nitrogens is 1. The third-order valence-electron chi connectivity index (χ3n) is 11.0. The van der Waals surface area contributed by atoms with Gasteiger partial charge in [0.15, 0.2) is 0 Å². The summed E-state index contributed by atoms with van der Waals surface area (Å²) in [5.74, 6) is 0.244. The van der Waals surface area contributed by atoms with Gasteiger partial charge in [-0.05, 0) is 119 Å². The lowest BCUT2D eigenvalue weighted by molar-refractivity contribution is 0.726. The van der Waals surface area contributed by atoms with Gasteiger partial charge in [0.05, 0.1) is 11.0 Å². The third kappa shape index (κ3) is 5.51. The first-order valence-corrected chi connectivity index (χ1v) is 18.6. The quantitative estimate of drug-likeness (QED) is 0.170. The van der Waals surface area contributed by atoms with Crippen LogP contribution >= 0.6 is 0 Å². The molecule has 10 rings (SSSR count). The first-order valence-electron chi connectivity index (χ1n) is 18.6. The lowest BCUT2D eigenvalue weighted by Crippen LogP contribution is -2.10. The van der Waals surface area contributed by atoms with E-state index in [1.807, 2.05) is 0 Å². The molecule has 0 fully saturated rings. The molecule has 0 amide bonds. The van der Waals surface area contributed by atoms with E-state index < -0.39 is 0 Å². The molecule has 0 radical (unpaired) electrons. The van der Waals surface area contributed by atoms with Crippen LogP contribution in [0.1, 0.15) is 29.0 Å². The van der Waals surface area contributed by atoms with Gasteiger partial charge in [0.1, 0.15) is 0 Å². The largest absolute Gasteiger partial charge is 0.311 e. The standard InChI is InChI=1S/C51H38N2/c1-4-14-36(15-5-1)37-24-29-42(30-25-37)52(40-17-6-2-7-18-40)43-31-26-39(27-32-43)45-33-28-38-16-10-11-21-44(38)47-34-49-46-22-12-13-23-50(46)53(51(49)35-48(45)47)41-19-8-3-9-20-41/h1-27,29-32,34-35,45H,28,33H2. The van der Waals surface area contributed by atoms with E-state index in [2.05, 4.69) is 210 Å². The van der Waals surface area contributed by atoms with Crippen LogP contribution in [0.5, 0.6) is 0 Å². The normalized spacial score (nSPS) is 13.7. The van der Waals surface area contributed by atoms with Crippen LogP contribution in [-0.4, -0.2) is 4.57 Å². The van der Waals surface area contributed by atoms with Gasteiger partial charge in [-0.1, -0.05) is 133 Å². The van der Waals surface area contributed by atoms with Crippen molar-refractivity contribution in [3.05, 3.63) is 217 Å². The highest BCUT2D eigenvalue weighted by atomic mass is 15.1. The minimum Gasteiger partial charge on any atom is -0.311 e. The van der Waals surface area contributed by atoms with E-state index in [1.165, 1.54) is 66.4 Å². The fraction of sp³-hybridized carbons (Fsp3) is 0.0588. The van der Waals surface area contributed by atoms with Crippen LogP contribution < -0.4 is 4.90 Å². The highest BCUT2D eigenvalue weighted by Crippen LogP contribution is 2.46. The summed E-state index contributed by atoms with van der Waals surface area (Å²) in [5, 5.41) is 2.58. The second-order valence-corrected chi connectivity index (χ2v) is 14.1. The topological polar surface area (TPSA) is 8.17 Å². The van der Waals surface area contributed by atoms with Gasteiger partial charge in [0.25, 0.3) is 0 Å². The molecule has 0 bridgehead atoms. The van der Waals surface area contributed by atoms with E-state index in [4.69, 9.17) is 0 Å². The second-order valence-electron chi connectivity index (χ2n) is 14.1. The zero-order valence-corrected chi connectivity index (χ0v) is 29.4. The molecular weight excluding hydrogens is 641 g/mol. The zero-order chi connectivity index (χ0) is 35.1. The van der Waals surface area contributed by atoms with Gasteiger partial charge in [-0.2, -0.15) is 0 Å². The number of hydrogen-bond donors (Lipinski definition) is 0. The van der Waals surface area contributed by atoms with E-state index in [9.17, 15) is 0 Å². The van der Waals surface area contributed by atoms with Gasteiger partial charge >= 0.3 is 0 Å². The Morgan fingerprint density at radius 1 is 0.434 bits per heavy atom. The Morgan fingerprint density at radius 3 is 1.77 bits per heavy atom. The number of aryl methyl sites for hydroxylation is 1. The molecule has 1 aliphatic carbocycles. The van der Waals surface area contributed by atoms with Gasteiger partial charge in [0.2, 0.25) is 0 Å². The minimum absolute atomic E-state index is 0.244. The van der Waals surface area contributed by atoms with Crippen molar-refractivity contribution in [1.82, 2.24) is 4.57 Å². The molecule has 0 aliphatic heterocycles. The van der Waals surface area contributed by atoms with E-state index in [1.54, 1.807) is 0 Å². The summed E-state index contributed by atoms with van der Waals surface area (Å²) in [7, 11) is 0. The molecular formula is C51H38N2. The van der Waals surface area contributed by atoms with Gasteiger partial charge < -0.3 is 9.47 Å². The highest BCUT2D eigenvalue weighted by molar-refractivity contribution is 6.11. The molecule has 53 heavy (non-hydrogen) atoms. The minimum atomic E-state index is 0.244. The Bertz CT molecular complexity index is 2690. The van der Waals surface area contributed by atoms with Crippen molar-refractivity contribution in [3.8, 4) is 27.9 Å². The second kappa shape index (κ2) is 13.2. The predicted octanol–water partition coefficient (Wildman–Crippen LogP) is 13.7. The first kappa shape index (κ1) is 31.1. The Labute approximate surface area is 310 Å². The lowest BCUT2D eigenvalue weighted by atomic mass is 9.85. The predicted molar refractivity (Wildman–Crippen MR) is 223 cm³/mol. The van der Waals surface area contributed by atoms with Gasteiger partial charge in [-0.3, -0.25) is 0 Å². The molecule has 252 valence electrons. The summed E-state index contributed by atoms with van der Waals surface area (Å²) < 4.78 is 2.45. The maximum atomic E-state index is 2.50. The fourth-order valence-electron chi connectivity index (χ4n) is 8.52. The average molecular weight is 679 g/mol. The molecule has 1 aromatic heterocycles. The van der Waals surface area contributed by atoms with E-state index in [0.717, 1.165) is 29.9 Å². The number of para-hydroxylation sites is 3. The molecule has 1 atom stereocenters. The van der Waals surface area contributed by atoms with Crippen molar-refractivity contribution in [1.29, 1.82) is 0 Å². The van der Waals surface area contributed by atoms with Crippen LogP contribution in [0, 0.1) is 0 Å². The number of nitrogens with zero attached hydrogens (tertiary/aromatic N) is 2. The van der Waals surface area contributed by atoms with Crippen LogP contribution in [-0.2, 0) is 6.42 Å². The molecule has 0 N–H and O–H groups in total. The van der Waals surface area contributed by atoms with Crippen LogP contribution in [0.25, 0.3) is 49.7 Å². The summed E-state index contributed by atoms with van der Waals surface area (Å²) in [6.07, 6.45) is 2.08. The van der Waals surface area contributed by atoms with Crippen molar-refractivity contribution in [2.24, 2.45) is 0 Å². The van der Waals surface area contributed by atoms with E-state index >= 15 is 0 Å². The Kier molecular flexibility index (Phi) is 7.73. The zero-order valence-electron chi connectivity index (χ0n) is 29.4. The van der Waals surface area contributed by atoms with Gasteiger partial charge in [-0.25, -0.2) is 0 Å². The molecule has 2 nitrogen and oxygen atoms in total. The Morgan fingerprint density at radius 2 is 1.02 bits per heavy atom. The van der Waals surface area contributed by atoms with E-state index in [0.29, 0.717) is 0 Å². The maximum absolute atomic E-state index is 2.50. The van der Waals surface area contributed by atoms with Crippen LogP contribution in [0.3, 0.4) is 0 Å². The van der Waals surface area contributed by atoms with Crippen molar-refractivity contribution in [2.75, 3.05) is 4.90 Å². The summed E-state index contributed by atoms with van der Waals surface area (Å²) >= 11 is 0. The molecule has 0 spiro atoms. The van der Waals surface area contributed by atoms with Crippen LogP contribution in [0.4, 0.5) is 17.1 Å². The average Bonchev–Trinajstić information content (AvgIpc) is 3.46. The molecule has 1 heterocycles. The monoisotopic (exact) mass is 678 g/mol. The summed E-state index contributed by atoms with van der Waals surface area (Å²) in [5.41, 5.74) is 16.4. The number of anilines is 3. The molecule has 2 heteroatoms. The van der Waals surface area contributed by atoms with Gasteiger partial charge in [-0.15, -0.1) is 0 Å². The van der Waals surface area contributed by atoms with E-state index in [-0.39, 0.29) is 5.92 Å². The van der Waals surface area contributed by atoms with Crippen molar-refractivity contribution >= 4 is 38.9 Å². The van der Waals surface area contributed by atoms with Crippen molar-refractivity contribution < 1.29 is 0 Å². The number of rotatable bonds is 6. The highest BCUT2D eigenvalue weighted by Gasteiger charge is 2.26. The Balaban J connectivity index is 1.10. The fourth-order valence-corrected chi connectivity index (χ4v) is 8.52. The molecule has 0 saturated carbocycles. The smallest absolute Gasteiger partial charge is 0.0544 e.